The molecule has 1 amide bonds. The molecule has 1 aromatic rings. The largest absolute Gasteiger partial charge is 0.399 e. The highest BCUT2D eigenvalue weighted by Gasteiger charge is 2.16. The van der Waals surface area contributed by atoms with Crippen LogP contribution in [-0.4, -0.2) is 25.3 Å². The summed E-state index contributed by atoms with van der Waals surface area (Å²) in [5, 5.41) is 2.30. The maximum atomic E-state index is 11.6. The molecule has 0 bridgehead atoms. The lowest BCUT2D eigenvalue weighted by atomic mass is 10.2. The van der Waals surface area contributed by atoms with E-state index in [1.807, 2.05) is 0 Å². The SMILES string of the molecule is CC(C)S(=O)(=O)CCCC(=O)Nc1ccc(N)cc1. The van der Waals surface area contributed by atoms with E-state index in [0.29, 0.717) is 17.8 Å². The summed E-state index contributed by atoms with van der Waals surface area (Å²) in [6, 6.07) is 6.80. The van der Waals surface area contributed by atoms with Crippen molar-refractivity contribution in [1.29, 1.82) is 0 Å². The van der Waals surface area contributed by atoms with Gasteiger partial charge in [0.2, 0.25) is 5.91 Å². The van der Waals surface area contributed by atoms with Gasteiger partial charge < -0.3 is 11.1 Å². The number of rotatable bonds is 6. The molecule has 106 valence electrons. The van der Waals surface area contributed by atoms with Crippen LogP contribution in [0.3, 0.4) is 0 Å². The molecular formula is C13H20N2O3S. The average molecular weight is 284 g/mol. The van der Waals surface area contributed by atoms with E-state index >= 15 is 0 Å². The predicted octanol–water partition coefficient (Wildman–Crippen LogP) is 1.81. The number of sulfone groups is 1. The second-order valence-corrected chi connectivity index (χ2v) is 7.37. The molecule has 0 fully saturated rings. The number of nitrogens with two attached hydrogens (primary N) is 1. The Bertz CT molecular complexity index is 521. The summed E-state index contributed by atoms with van der Waals surface area (Å²) in [5.74, 6) is -0.150. The molecular weight excluding hydrogens is 264 g/mol. The van der Waals surface area contributed by atoms with Crippen LogP contribution in [0, 0.1) is 0 Å². The molecule has 1 rings (SSSR count). The second-order valence-electron chi connectivity index (χ2n) is 4.69. The fourth-order valence-electron chi connectivity index (χ4n) is 1.46. The highest BCUT2D eigenvalue weighted by molar-refractivity contribution is 7.91. The maximum absolute atomic E-state index is 11.6. The molecule has 0 aliphatic heterocycles. The molecule has 0 aromatic heterocycles. The smallest absolute Gasteiger partial charge is 0.224 e. The van der Waals surface area contributed by atoms with Gasteiger partial charge in [0.05, 0.1) is 11.0 Å². The quantitative estimate of drug-likeness (QED) is 0.780. The van der Waals surface area contributed by atoms with Gasteiger partial charge in [0.1, 0.15) is 0 Å². The molecule has 5 nitrogen and oxygen atoms in total. The van der Waals surface area contributed by atoms with E-state index in [0.717, 1.165) is 0 Å². The van der Waals surface area contributed by atoms with Gasteiger partial charge in [-0.1, -0.05) is 0 Å². The van der Waals surface area contributed by atoms with Crippen molar-refractivity contribution < 1.29 is 13.2 Å². The van der Waals surface area contributed by atoms with Crippen LogP contribution in [0.1, 0.15) is 26.7 Å². The summed E-state index contributed by atoms with van der Waals surface area (Å²) in [5.41, 5.74) is 6.82. The van der Waals surface area contributed by atoms with Crippen LogP contribution in [0.5, 0.6) is 0 Å². The molecule has 0 aliphatic rings. The van der Waals surface area contributed by atoms with Gasteiger partial charge in [-0.3, -0.25) is 4.79 Å². The van der Waals surface area contributed by atoms with Crippen LogP contribution in [0.4, 0.5) is 11.4 Å². The van der Waals surface area contributed by atoms with Crippen molar-refractivity contribution in [3.8, 4) is 0 Å². The van der Waals surface area contributed by atoms with E-state index in [4.69, 9.17) is 5.73 Å². The van der Waals surface area contributed by atoms with E-state index in [2.05, 4.69) is 5.32 Å². The lowest BCUT2D eigenvalue weighted by Gasteiger charge is -2.08. The zero-order chi connectivity index (χ0) is 14.5. The molecule has 0 heterocycles. The Labute approximate surface area is 114 Å². The molecule has 0 saturated heterocycles. The molecule has 1 aromatic carbocycles. The third-order valence-electron chi connectivity index (χ3n) is 2.75. The zero-order valence-electron chi connectivity index (χ0n) is 11.2. The number of carbonyl (C=O) groups excluding carboxylic acids is 1. The lowest BCUT2D eigenvalue weighted by Crippen LogP contribution is -2.19. The van der Waals surface area contributed by atoms with Gasteiger partial charge >= 0.3 is 0 Å². The van der Waals surface area contributed by atoms with E-state index in [-0.39, 0.29) is 18.1 Å². The second kappa shape index (κ2) is 6.56. The summed E-state index contributed by atoms with van der Waals surface area (Å²) in [4.78, 5) is 11.6. The van der Waals surface area contributed by atoms with Gasteiger partial charge in [0.25, 0.3) is 0 Å². The van der Waals surface area contributed by atoms with Gasteiger partial charge in [-0.25, -0.2) is 8.42 Å². The minimum atomic E-state index is -3.07. The number of hydrogen-bond donors (Lipinski definition) is 2. The third kappa shape index (κ3) is 5.30. The van der Waals surface area contributed by atoms with Crippen molar-refractivity contribution in [2.24, 2.45) is 0 Å². The Hall–Kier alpha value is -1.56. The molecule has 0 saturated carbocycles. The Balaban J connectivity index is 2.39. The van der Waals surface area contributed by atoms with Gasteiger partial charge in [0.15, 0.2) is 9.84 Å². The zero-order valence-corrected chi connectivity index (χ0v) is 12.0. The Morgan fingerprint density at radius 1 is 1.26 bits per heavy atom. The molecule has 0 aliphatic carbocycles. The molecule has 0 spiro atoms. The van der Waals surface area contributed by atoms with E-state index < -0.39 is 15.1 Å². The number of nitrogens with one attached hydrogen (secondary N) is 1. The monoisotopic (exact) mass is 284 g/mol. The minimum absolute atomic E-state index is 0.0415. The third-order valence-corrected chi connectivity index (χ3v) is 5.04. The Kier molecular flexibility index (Phi) is 5.35. The number of benzene rings is 1. The first-order valence-electron chi connectivity index (χ1n) is 6.18. The van der Waals surface area contributed by atoms with Crippen molar-refractivity contribution >= 4 is 27.1 Å². The standard InChI is InChI=1S/C13H20N2O3S/c1-10(2)19(17,18)9-3-4-13(16)15-12-7-5-11(14)6-8-12/h5-8,10H,3-4,9,14H2,1-2H3,(H,15,16). The van der Waals surface area contributed by atoms with Crippen LogP contribution < -0.4 is 11.1 Å². The summed E-state index contributed by atoms with van der Waals surface area (Å²) in [6.45, 7) is 3.29. The van der Waals surface area contributed by atoms with Gasteiger partial charge in [-0.15, -0.1) is 0 Å². The molecule has 0 radical (unpaired) electrons. The lowest BCUT2D eigenvalue weighted by molar-refractivity contribution is -0.116. The summed E-state index contributed by atoms with van der Waals surface area (Å²) in [7, 11) is -3.07. The first-order chi connectivity index (χ1) is 8.81. The number of anilines is 2. The Morgan fingerprint density at radius 3 is 2.37 bits per heavy atom. The number of carbonyl (C=O) groups is 1. The number of nitrogen functional groups attached to an aromatic ring is 1. The van der Waals surface area contributed by atoms with Crippen molar-refractivity contribution in [3.05, 3.63) is 24.3 Å². The maximum Gasteiger partial charge on any atom is 0.224 e. The molecule has 0 atom stereocenters. The van der Waals surface area contributed by atoms with Crippen molar-refractivity contribution in [1.82, 2.24) is 0 Å². The molecule has 0 unspecified atom stereocenters. The number of amides is 1. The van der Waals surface area contributed by atoms with Crippen molar-refractivity contribution in [3.63, 3.8) is 0 Å². The molecule has 19 heavy (non-hydrogen) atoms. The summed E-state index contributed by atoms with van der Waals surface area (Å²) >= 11 is 0. The van der Waals surface area contributed by atoms with E-state index in [1.165, 1.54) is 0 Å². The fourth-order valence-corrected chi connectivity index (χ4v) is 2.48. The first kappa shape index (κ1) is 15.5. The summed E-state index contributed by atoms with van der Waals surface area (Å²) < 4.78 is 23.1. The fraction of sp³-hybridized carbons (Fsp3) is 0.462. The predicted molar refractivity (Wildman–Crippen MR) is 77.6 cm³/mol. The van der Waals surface area contributed by atoms with Gasteiger partial charge in [-0.2, -0.15) is 0 Å². The summed E-state index contributed by atoms with van der Waals surface area (Å²) in [6.07, 6.45) is 0.525. The minimum Gasteiger partial charge on any atom is -0.399 e. The van der Waals surface area contributed by atoms with Crippen molar-refractivity contribution in [2.75, 3.05) is 16.8 Å². The highest BCUT2D eigenvalue weighted by atomic mass is 32.2. The van der Waals surface area contributed by atoms with E-state index in [9.17, 15) is 13.2 Å². The van der Waals surface area contributed by atoms with Crippen LogP contribution in [-0.2, 0) is 14.6 Å². The topological polar surface area (TPSA) is 89.3 Å². The van der Waals surface area contributed by atoms with Crippen LogP contribution in [0.15, 0.2) is 24.3 Å². The van der Waals surface area contributed by atoms with Crippen molar-refractivity contribution in [2.45, 2.75) is 31.9 Å². The van der Waals surface area contributed by atoms with Crippen LogP contribution in [0.2, 0.25) is 0 Å². The van der Waals surface area contributed by atoms with Gasteiger partial charge in [0, 0.05) is 17.8 Å². The van der Waals surface area contributed by atoms with Gasteiger partial charge in [-0.05, 0) is 44.5 Å². The van der Waals surface area contributed by atoms with Crippen LogP contribution >= 0.6 is 0 Å². The average Bonchev–Trinajstić information content (AvgIpc) is 2.31. The molecule has 3 N–H and O–H groups in total. The first-order valence-corrected chi connectivity index (χ1v) is 7.90. The van der Waals surface area contributed by atoms with E-state index in [1.54, 1.807) is 38.1 Å². The highest BCUT2D eigenvalue weighted by Crippen LogP contribution is 2.11. The normalized spacial score (nSPS) is 11.5. The van der Waals surface area contributed by atoms with Crippen LogP contribution in [0.25, 0.3) is 0 Å². The molecule has 6 heteroatoms. The number of hydrogen-bond acceptors (Lipinski definition) is 4. The Morgan fingerprint density at radius 2 is 1.84 bits per heavy atom.